The lowest BCUT2D eigenvalue weighted by Gasteiger charge is -2.10. The van der Waals surface area contributed by atoms with E-state index in [2.05, 4.69) is 50.9 Å². The molecule has 4 rings (SSSR count). The Labute approximate surface area is 163 Å². The molecule has 6 heteroatoms. The first-order valence-corrected chi connectivity index (χ1v) is 10.4. The predicted octanol–water partition coefficient (Wildman–Crippen LogP) is 4.32. The molecule has 0 radical (unpaired) electrons. The van der Waals surface area contributed by atoms with Crippen molar-refractivity contribution in [3.8, 4) is 0 Å². The van der Waals surface area contributed by atoms with Gasteiger partial charge in [0.05, 0.1) is 5.75 Å². The number of aryl methyl sites for hydroxylation is 2. The SMILES string of the molecule is Cc1cc(C(=O)CSc2n[nH]c(C3CC3)n2)c(C)n1CCc1ccccc1. The minimum absolute atomic E-state index is 0.136. The maximum Gasteiger partial charge on any atom is 0.208 e. The summed E-state index contributed by atoms with van der Waals surface area (Å²) in [7, 11) is 0. The van der Waals surface area contributed by atoms with E-state index < -0.39 is 0 Å². The second kappa shape index (κ2) is 7.72. The summed E-state index contributed by atoms with van der Waals surface area (Å²) in [5, 5.41) is 7.88. The van der Waals surface area contributed by atoms with Gasteiger partial charge >= 0.3 is 0 Å². The number of benzene rings is 1. The second-order valence-corrected chi connectivity index (χ2v) is 8.10. The first kappa shape index (κ1) is 18.0. The van der Waals surface area contributed by atoms with Gasteiger partial charge in [0, 0.05) is 29.4 Å². The fourth-order valence-electron chi connectivity index (χ4n) is 3.38. The maximum atomic E-state index is 12.7. The number of hydrogen-bond acceptors (Lipinski definition) is 4. The lowest BCUT2D eigenvalue weighted by atomic mass is 10.1. The van der Waals surface area contributed by atoms with Crippen molar-refractivity contribution in [2.75, 3.05) is 5.75 Å². The first-order chi connectivity index (χ1) is 13.1. The number of aromatic nitrogens is 4. The number of aromatic amines is 1. The van der Waals surface area contributed by atoms with Crippen molar-refractivity contribution < 1.29 is 4.79 Å². The summed E-state index contributed by atoms with van der Waals surface area (Å²) in [5.74, 6) is 2.01. The van der Waals surface area contributed by atoms with Crippen molar-refractivity contribution in [2.45, 2.75) is 50.7 Å². The van der Waals surface area contributed by atoms with E-state index in [1.807, 2.05) is 19.1 Å². The Kier molecular flexibility index (Phi) is 5.16. The van der Waals surface area contributed by atoms with E-state index in [-0.39, 0.29) is 5.78 Å². The molecule has 1 aliphatic rings. The number of Topliss-reactive ketones (excluding diaryl/α,β-unsaturated/α-hetero) is 1. The van der Waals surface area contributed by atoms with Crippen molar-refractivity contribution in [1.29, 1.82) is 0 Å². The number of H-pyrrole nitrogens is 1. The summed E-state index contributed by atoms with van der Waals surface area (Å²) >= 11 is 1.41. The monoisotopic (exact) mass is 380 g/mol. The zero-order valence-corrected chi connectivity index (χ0v) is 16.6. The average Bonchev–Trinajstić information content (AvgIpc) is 3.35. The first-order valence-electron chi connectivity index (χ1n) is 9.41. The number of thioether (sulfide) groups is 1. The minimum Gasteiger partial charge on any atom is -0.348 e. The number of rotatable bonds is 8. The Morgan fingerprint density at radius 3 is 2.78 bits per heavy atom. The van der Waals surface area contributed by atoms with Crippen LogP contribution in [0, 0.1) is 13.8 Å². The number of ketones is 1. The Morgan fingerprint density at radius 2 is 2.04 bits per heavy atom. The van der Waals surface area contributed by atoms with Gasteiger partial charge in [0.25, 0.3) is 0 Å². The van der Waals surface area contributed by atoms with E-state index >= 15 is 0 Å². The molecule has 3 aromatic rings. The summed E-state index contributed by atoms with van der Waals surface area (Å²) in [6, 6.07) is 12.5. The topological polar surface area (TPSA) is 63.6 Å². The quantitative estimate of drug-likeness (QED) is 0.467. The van der Waals surface area contributed by atoms with Crippen molar-refractivity contribution in [3.63, 3.8) is 0 Å². The second-order valence-electron chi connectivity index (χ2n) is 7.16. The van der Waals surface area contributed by atoms with Crippen LogP contribution in [-0.4, -0.2) is 31.3 Å². The molecule has 1 saturated carbocycles. The molecule has 1 aliphatic carbocycles. The zero-order chi connectivity index (χ0) is 18.8. The van der Waals surface area contributed by atoms with Crippen LogP contribution in [0.25, 0.3) is 0 Å². The lowest BCUT2D eigenvalue weighted by molar-refractivity contribution is 0.102. The van der Waals surface area contributed by atoms with Crippen molar-refractivity contribution >= 4 is 17.5 Å². The molecule has 0 unspecified atom stereocenters. The summed E-state index contributed by atoms with van der Waals surface area (Å²) in [5.41, 5.74) is 4.30. The Hall–Kier alpha value is -2.34. The van der Waals surface area contributed by atoms with Gasteiger partial charge in [-0.2, -0.15) is 0 Å². The third-order valence-corrected chi connectivity index (χ3v) is 5.97. The highest BCUT2D eigenvalue weighted by atomic mass is 32.2. The van der Waals surface area contributed by atoms with Crippen LogP contribution >= 0.6 is 11.8 Å². The van der Waals surface area contributed by atoms with E-state index in [0.29, 0.717) is 16.8 Å². The van der Waals surface area contributed by atoms with Gasteiger partial charge in [-0.25, -0.2) is 4.98 Å². The summed E-state index contributed by atoms with van der Waals surface area (Å²) in [6.07, 6.45) is 3.33. The van der Waals surface area contributed by atoms with Gasteiger partial charge < -0.3 is 4.57 Å². The molecule has 27 heavy (non-hydrogen) atoms. The summed E-state index contributed by atoms with van der Waals surface area (Å²) in [6.45, 7) is 4.99. The summed E-state index contributed by atoms with van der Waals surface area (Å²) < 4.78 is 2.24. The molecule has 1 N–H and O–H groups in total. The minimum atomic E-state index is 0.136. The molecule has 0 amide bonds. The smallest absolute Gasteiger partial charge is 0.208 e. The van der Waals surface area contributed by atoms with Crippen LogP contribution in [0.4, 0.5) is 0 Å². The van der Waals surface area contributed by atoms with Gasteiger partial charge in [-0.15, -0.1) is 5.10 Å². The van der Waals surface area contributed by atoms with Crippen LogP contribution in [0.1, 0.15) is 51.9 Å². The van der Waals surface area contributed by atoms with Crippen LogP contribution in [0.15, 0.2) is 41.6 Å². The van der Waals surface area contributed by atoms with E-state index in [1.54, 1.807) is 0 Å². The Bertz CT molecular complexity index is 941. The van der Waals surface area contributed by atoms with Crippen LogP contribution in [-0.2, 0) is 13.0 Å². The predicted molar refractivity (Wildman–Crippen MR) is 107 cm³/mol. The highest BCUT2D eigenvalue weighted by Gasteiger charge is 2.27. The molecule has 2 heterocycles. The number of nitrogens with zero attached hydrogens (tertiary/aromatic N) is 3. The summed E-state index contributed by atoms with van der Waals surface area (Å²) in [4.78, 5) is 17.2. The zero-order valence-electron chi connectivity index (χ0n) is 15.7. The molecule has 5 nitrogen and oxygen atoms in total. The van der Waals surface area contributed by atoms with Gasteiger partial charge in [0.15, 0.2) is 5.78 Å². The van der Waals surface area contributed by atoms with Gasteiger partial charge in [0.1, 0.15) is 5.82 Å². The molecule has 0 aliphatic heterocycles. The average molecular weight is 381 g/mol. The Balaban J connectivity index is 1.39. The highest BCUT2D eigenvalue weighted by molar-refractivity contribution is 7.99. The molecule has 2 aromatic heterocycles. The van der Waals surface area contributed by atoms with Gasteiger partial charge in [-0.1, -0.05) is 42.1 Å². The Morgan fingerprint density at radius 1 is 1.26 bits per heavy atom. The molecule has 1 aromatic carbocycles. The third kappa shape index (κ3) is 4.16. The molecule has 140 valence electrons. The lowest BCUT2D eigenvalue weighted by Crippen LogP contribution is -2.08. The highest BCUT2D eigenvalue weighted by Crippen LogP contribution is 2.38. The van der Waals surface area contributed by atoms with Crippen LogP contribution in [0.3, 0.4) is 0 Å². The van der Waals surface area contributed by atoms with Crippen LogP contribution in [0.2, 0.25) is 0 Å². The van der Waals surface area contributed by atoms with E-state index in [0.717, 1.165) is 35.7 Å². The van der Waals surface area contributed by atoms with Gasteiger partial charge in [0.2, 0.25) is 5.16 Å². The molecular weight excluding hydrogens is 356 g/mol. The number of nitrogens with one attached hydrogen (secondary N) is 1. The van der Waals surface area contributed by atoms with E-state index in [9.17, 15) is 4.79 Å². The number of hydrogen-bond donors (Lipinski definition) is 1. The number of carbonyl (C=O) groups is 1. The van der Waals surface area contributed by atoms with Gasteiger partial charge in [-0.05, 0) is 44.7 Å². The van der Waals surface area contributed by atoms with Crippen LogP contribution < -0.4 is 0 Å². The van der Waals surface area contributed by atoms with E-state index in [4.69, 9.17) is 0 Å². The van der Waals surface area contributed by atoms with Crippen LogP contribution in [0.5, 0.6) is 0 Å². The molecule has 0 saturated heterocycles. The third-order valence-electron chi connectivity index (χ3n) is 5.12. The molecule has 0 spiro atoms. The van der Waals surface area contributed by atoms with E-state index in [1.165, 1.54) is 30.2 Å². The molecule has 1 fully saturated rings. The normalized spacial score (nSPS) is 13.9. The largest absolute Gasteiger partial charge is 0.348 e. The van der Waals surface area contributed by atoms with Crippen molar-refractivity contribution in [2.24, 2.45) is 0 Å². The maximum absolute atomic E-state index is 12.7. The van der Waals surface area contributed by atoms with Gasteiger partial charge in [-0.3, -0.25) is 9.89 Å². The molecular formula is C21H24N4OS. The number of carbonyl (C=O) groups excluding carboxylic acids is 1. The van der Waals surface area contributed by atoms with Crippen molar-refractivity contribution in [3.05, 3.63) is 64.7 Å². The van der Waals surface area contributed by atoms with Crippen molar-refractivity contribution in [1.82, 2.24) is 19.7 Å². The molecule has 0 atom stereocenters. The fraction of sp³-hybridized carbons (Fsp3) is 0.381. The molecule has 0 bridgehead atoms. The standard InChI is InChI=1S/C21H24N4OS/c1-14-12-18(15(2)25(14)11-10-16-6-4-3-5-7-16)19(26)13-27-21-22-20(23-24-21)17-8-9-17/h3-7,12,17H,8-11,13H2,1-2H3,(H,22,23,24). The fourth-order valence-corrected chi connectivity index (χ4v) is 4.07.